The van der Waals surface area contributed by atoms with Gasteiger partial charge >= 0.3 is 0 Å². The fourth-order valence-corrected chi connectivity index (χ4v) is 5.08. The zero-order valence-corrected chi connectivity index (χ0v) is 27.3. The van der Waals surface area contributed by atoms with E-state index in [-0.39, 0.29) is 19.3 Å². The highest BCUT2D eigenvalue weighted by molar-refractivity contribution is 5.95. The lowest BCUT2D eigenvalue weighted by Crippen LogP contribution is -2.59. The Morgan fingerprint density at radius 2 is 0.979 bits per heavy atom. The van der Waals surface area contributed by atoms with E-state index in [1.165, 1.54) is 6.92 Å². The van der Waals surface area contributed by atoms with E-state index in [1.54, 1.807) is 0 Å². The highest BCUT2D eigenvalue weighted by Crippen LogP contribution is 2.09. The summed E-state index contributed by atoms with van der Waals surface area (Å²) >= 11 is 0. The number of hydrogen-bond donors (Lipinski definition) is 7. The lowest BCUT2D eigenvalue weighted by molar-refractivity contribution is -0.134. The number of rotatable bonds is 19. The predicted molar refractivity (Wildman–Crippen MR) is 184 cm³/mol. The first-order valence-electron chi connectivity index (χ1n) is 16.2. The molecule has 3 rings (SSSR count). The van der Waals surface area contributed by atoms with Crippen LogP contribution in [0.2, 0.25) is 0 Å². The van der Waals surface area contributed by atoms with Gasteiger partial charge in [-0.05, 0) is 55.8 Å². The molecule has 5 amide bonds. The number of primary amides is 1. The van der Waals surface area contributed by atoms with Crippen molar-refractivity contribution in [3.05, 3.63) is 108 Å². The summed E-state index contributed by atoms with van der Waals surface area (Å²) in [7, 11) is 0. The van der Waals surface area contributed by atoms with E-state index in [2.05, 4.69) is 21.3 Å². The molecule has 0 saturated carbocycles. The summed E-state index contributed by atoms with van der Waals surface area (Å²) in [6, 6.07) is 22.4. The molecule has 0 bridgehead atoms. The van der Waals surface area contributed by atoms with Gasteiger partial charge in [0.2, 0.25) is 29.5 Å². The number of unbranched alkanes of at least 4 members (excludes halogenated alkanes) is 1. The summed E-state index contributed by atoms with van der Waals surface area (Å²) < 4.78 is 0. The SMILES string of the molecule is C[C@H](NC(=O)[C@H](N)Cc1ccccc1)C(=O)N[C@@H](Cc1ccccc1)C(=O)N[C@H](Cc1ccccc1)C(=O)N[C@@H](CCCCN)C(N)=O. The van der Waals surface area contributed by atoms with Gasteiger partial charge in [-0.3, -0.25) is 24.0 Å². The molecule has 12 heteroatoms. The van der Waals surface area contributed by atoms with Crippen LogP contribution in [0.15, 0.2) is 91.0 Å². The van der Waals surface area contributed by atoms with Crippen molar-refractivity contribution in [2.45, 2.75) is 75.7 Å². The Morgan fingerprint density at radius 3 is 1.42 bits per heavy atom. The number of amides is 5. The third-order valence-electron chi connectivity index (χ3n) is 7.83. The monoisotopic (exact) mass is 657 g/mol. The summed E-state index contributed by atoms with van der Waals surface area (Å²) in [6.45, 7) is 1.93. The fourth-order valence-electron chi connectivity index (χ4n) is 5.08. The summed E-state index contributed by atoms with van der Waals surface area (Å²) in [5.74, 6) is -3.04. The molecule has 0 aliphatic rings. The van der Waals surface area contributed by atoms with Crippen LogP contribution in [0.1, 0.15) is 42.9 Å². The van der Waals surface area contributed by atoms with Crippen LogP contribution in [-0.4, -0.2) is 66.3 Å². The Bertz CT molecular complexity index is 1470. The van der Waals surface area contributed by atoms with Crippen LogP contribution in [0.3, 0.4) is 0 Å². The van der Waals surface area contributed by atoms with Gasteiger partial charge in [0.25, 0.3) is 0 Å². The third kappa shape index (κ3) is 12.6. The minimum absolute atomic E-state index is 0.106. The zero-order chi connectivity index (χ0) is 34.9. The van der Waals surface area contributed by atoms with Gasteiger partial charge in [0.05, 0.1) is 6.04 Å². The van der Waals surface area contributed by atoms with E-state index in [0.29, 0.717) is 25.8 Å². The molecule has 10 N–H and O–H groups in total. The van der Waals surface area contributed by atoms with Crippen LogP contribution in [0.25, 0.3) is 0 Å². The maximum Gasteiger partial charge on any atom is 0.243 e. The van der Waals surface area contributed by atoms with Crippen molar-refractivity contribution < 1.29 is 24.0 Å². The Kier molecular flexibility index (Phi) is 15.2. The minimum atomic E-state index is -1.11. The minimum Gasteiger partial charge on any atom is -0.368 e. The normalized spacial score (nSPS) is 14.0. The van der Waals surface area contributed by atoms with E-state index >= 15 is 0 Å². The number of hydrogen-bond acceptors (Lipinski definition) is 7. The lowest BCUT2D eigenvalue weighted by Gasteiger charge is -2.26. The summed E-state index contributed by atoms with van der Waals surface area (Å²) in [5, 5.41) is 10.8. The molecule has 48 heavy (non-hydrogen) atoms. The molecule has 0 spiro atoms. The molecular formula is C36H47N7O5. The number of carbonyl (C=O) groups excluding carboxylic acids is 5. The summed E-state index contributed by atoms with van der Waals surface area (Å²) in [5.41, 5.74) is 19.7. The molecule has 0 radical (unpaired) electrons. The first kappa shape index (κ1) is 37.4. The predicted octanol–water partition coefficient (Wildman–Crippen LogP) is 0.615. The highest BCUT2D eigenvalue weighted by atomic mass is 16.2. The van der Waals surface area contributed by atoms with E-state index in [0.717, 1.165) is 16.7 Å². The van der Waals surface area contributed by atoms with Gasteiger partial charge in [0.1, 0.15) is 24.2 Å². The molecule has 5 atom stereocenters. The average Bonchev–Trinajstić information content (AvgIpc) is 3.08. The largest absolute Gasteiger partial charge is 0.368 e. The standard InChI is InChI=1S/C36H47N7O5/c1-24(40-34(46)28(38)21-25-13-5-2-6-14-25)33(45)42-30(22-26-15-7-3-8-16-26)36(48)43-31(23-27-17-9-4-10-18-27)35(47)41-29(32(39)44)19-11-12-20-37/h2-10,13-18,24,28-31H,11-12,19-23,37-38H2,1H3,(H2,39,44)(H,40,46)(H,41,47)(H,42,45)(H,43,48)/t24-,28+,29-,30-,31+/m0/s1. The Morgan fingerprint density at radius 1 is 0.562 bits per heavy atom. The third-order valence-corrected chi connectivity index (χ3v) is 7.83. The van der Waals surface area contributed by atoms with Crippen LogP contribution < -0.4 is 38.5 Å². The number of nitrogens with two attached hydrogens (primary N) is 3. The van der Waals surface area contributed by atoms with Gasteiger partial charge in [-0.15, -0.1) is 0 Å². The molecule has 0 aromatic heterocycles. The quantitative estimate of drug-likeness (QED) is 0.0913. The van der Waals surface area contributed by atoms with Gasteiger partial charge < -0.3 is 38.5 Å². The second kappa shape index (κ2) is 19.6. The zero-order valence-electron chi connectivity index (χ0n) is 27.3. The second-order valence-electron chi connectivity index (χ2n) is 11.8. The maximum atomic E-state index is 13.9. The summed E-state index contributed by atoms with van der Waals surface area (Å²) in [4.78, 5) is 65.7. The van der Waals surface area contributed by atoms with Crippen LogP contribution in [0.5, 0.6) is 0 Å². The Hall–Kier alpha value is -5.07. The fraction of sp³-hybridized carbons (Fsp3) is 0.361. The van der Waals surface area contributed by atoms with Crippen molar-refractivity contribution >= 4 is 29.5 Å². The Labute approximate surface area is 281 Å². The van der Waals surface area contributed by atoms with Crippen LogP contribution in [0, 0.1) is 0 Å². The molecule has 256 valence electrons. The number of benzene rings is 3. The van der Waals surface area contributed by atoms with Gasteiger partial charge in [-0.25, -0.2) is 0 Å². The van der Waals surface area contributed by atoms with Crippen LogP contribution in [0.4, 0.5) is 0 Å². The maximum absolute atomic E-state index is 13.9. The van der Waals surface area contributed by atoms with Crippen molar-refractivity contribution in [2.24, 2.45) is 17.2 Å². The highest BCUT2D eigenvalue weighted by Gasteiger charge is 2.31. The van der Waals surface area contributed by atoms with Gasteiger partial charge in [0, 0.05) is 12.8 Å². The lowest BCUT2D eigenvalue weighted by atomic mass is 10.0. The van der Waals surface area contributed by atoms with Crippen molar-refractivity contribution in [3.63, 3.8) is 0 Å². The molecule has 12 nitrogen and oxygen atoms in total. The van der Waals surface area contributed by atoms with Gasteiger partial charge in [-0.2, -0.15) is 0 Å². The van der Waals surface area contributed by atoms with Gasteiger partial charge in [0.15, 0.2) is 0 Å². The van der Waals surface area contributed by atoms with Crippen molar-refractivity contribution in [2.75, 3.05) is 6.54 Å². The van der Waals surface area contributed by atoms with E-state index < -0.39 is 59.7 Å². The van der Waals surface area contributed by atoms with Gasteiger partial charge in [-0.1, -0.05) is 91.0 Å². The van der Waals surface area contributed by atoms with Crippen molar-refractivity contribution in [1.29, 1.82) is 0 Å². The van der Waals surface area contributed by atoms with Crippen molar-refractivity contribution in [3.8, 4) is 0 Å². The smallest absolute Gasteiger partial charge is 0.243 e. The summed E-state index contributed by atoms with van der Waals surface area (Å²) in [6.07, 6.45) is 2.05. The van der Waals surface area contributed by atoms with Crippen molar-refractivity contribution in [1.82, 2.24) is 21.3 Å². The molecule has 0 aliphatic carbocycles. The molecule has 0 fully saturated rings. The number of carbonyl (C=O) groups is 5. The first-order chi connectivity index (χ1) is 23.1. The molecule has 0 heterocycles. The Balaban J connectivity index is 1.76. The second-order valence-corrected chi connectivity index (χ2v) is 11.8. The topological polar surface area (TPSA) is 212 Å². The van der Waals surface area contributed by atoms with E-state index in [1.807, 2.05) is 91.0 Å². The molecule has 3 aromatic rings. The molecule has 3 aromatic carbocycles. The molecule has 0 aliphatic heterocycles. The van der Waals surface area contributed by atoms with E-state index in [4.69, 9.17) is 17.2 Å². The number of nitrogens with one attached hydrogen (secondary N) is 4. The molecule has 0 unspecified atom stereocenters. The molecule has 0 saturated heterocycles. The average molecular weight is 658 g/mol. The van der Waals surface area contributed by atoms with E-state index in [9.17, 15) is 24.0 Å². The first-order valence-corrected chi connectivity index (χ1v) is 16.2. The molecular weight excluding hydrogens is 610 g/mol. The van der Waals surface area contributed by atoms with Crippen LogP contribution in [-0.2, 0) is 43.2 Å². The van der Waals surface area contributed by atoms with Crippen LogP contribution >= 0.6 is 0 Å².